The van der Waals surface area contributed by atoms with Crippen LogP contribution in [0.5, 0.6) is 0 Å². The van der Waals surface area contributed by atoms with E-state index in [0.29, 0.717) is 30.3 Å². The molecule has 5 rings (SSSR count). The van der Waals surface area contributed by atoms with Crippen LogP contribution in [0.3, 0.4) is 0 Å². The second-order valence-corrected chi connectivity index (χ2v) is 11.5. The lowest BCUT2D eigenvalue weighted by Gasteiger charge is -2.62. The Hall–Kier alpha value is -3.22. The molecular weight excluding hydrogens is 515 g/mol. The summed E-state index contributed by atoms with van der Waals surface area (Å²) in [6.45, 7) is 6.22. The van der Waals surface area contributed by atoms with Crippen molar-refractivity contribution in [3.05, 3.63) is 51.8 Å². The number of nitrogens with one attached hydrogen (secondary N) is 1. The summed E-state index contributed by atoms with van der Waals surface area (Å²) in [5.74, 6) is -4.04. The number of rotatable bonds is 2. The molecule has 2 amide bonds. The normalized spacial score (nSPS) is 20.0. The van der Waals surface area contributed by atoms with Gasteiger partial charge >= 0.3 is 12.3 Å². The Labute approximate surface area is 214 Å². The number of likely N-dealkylation sites (tertiary alicyclic amines) is 1. The molecule has 1 saturated carbocycles. The smallest absolute Gasteiger partial charge is 0.419 e. The number of hydrogen-bond acceptors (Lipinski definition) is 5. The highest BCUT2D eigenvalue weighted by Gasteiger charge is 2.62. The van der Waals surface area contributed by atoms with Crippen molar-refractivity contribution in [1.82, 2.24) is 20.0 Å². The van der Waals surface area contributed by atoms with Crippen molar-refractivity contribution in [3.63, 3.8) is 0 Å². The molecule has 2 fully saturated rings. The number of aliphatic hydroxyl groups is 1. The van der Waals surface area contributed by atoms with E-state index in [0.717, 1.165) is 6.07 Å². The summed E-state index contributed by atoms with van der Waals surface area (Å²) in [5, 5.41) is 17.9. The van der Waals surface area contributed by atoms with E-state index < -0.39 is 51.6 Å². The van der Waals surface area contributed by atoms with Gasteiger partial charge in [-0.15, -0.1) is 0 Å². The van der Waals surface area contributed by atoms with Crippen LogP contribution in [-0.4, -0.2) is 62.3 Å². The minimum Gasteiger partial charge on any atom is -0.444 e. The van der Waals surface area contributed by atoms with Gasteiger partial charge in [0.25, 0.3) is 5.91 Å². The highest BCUT2D eigenvalue weighted by atomic mass is 19.4. The fourth-order valence-corrected chi connectivity index (χ4v) is 5.85. The number of hydrogen-bond donors (Lipinski definition) is 2. The zero-order chi connectivity index (χ0) is 27.8. The number of halogens is 5. The zero-order valence-corrected chi connectivity index (χ0v) is 21.0. The average Bonchev–Trinajstić information content (AvgIpc) is 3.17. The van der Waals surface area contributed by atoms with Crippen LogP contribution in [0.4, 0.5) is 26.7 Å². The third kappa shape index (κ3) is 4.40. The summed E-state index contributed by atoms with van der Waals surface area (Å²) >= 11 is 0. The van der Waals surface area contributed by atoms with Gasteiger partial charge in [-0.25, -0.2) is 13.6 Å². The minimum absolute atomic E-state index is 0.124. The predicted molar refractivity (Wildman–Crippen MR) is 122 cm³/mol. The molecule has 38 heavy (non-hydrogen) atoms. The molecule has 1 spiro atoms. The van der Waals surface area contributed by atoms with Crippen molar-refractivity contribution < 1.29 is 41.4 Å². The maximum Gasteiger partial charge on any atom is 0.419 e. The number of carbonyl (C=O) groups is 2. The zero-order valence-electron chi connectivity index (χ0n) is 21.0. The summed E-state index contributed by atoms with van der Waals surface area (Å²) in [6.07, 6.45) is -5.51. The number of H-pyrrole nitrogens is 1. The molecule has 0 bridgehead atoms. The van der Waals surface area contributed by atoms with Crippen LogP contribution < -0.4 is 0 Å². The van der Waals surface area contributed by atoms with Crippen molar-refractivity contribution >= 4 is 12.0 Å². The third-order valence-corrected chi connectivity index (χ3v) is 7.34. The Morgan fingerprint density at radius 2 is 1.76 bits per heavy atom. The molecule has 13 heteroatoms. The second-order valence-electron chi connectivity index (χ2n) is 11.5. The van der Waals surface area contributed by atoms with E-state index >= 15 is 0 Å². The topological polar surface area (TPSA) is 98.8 Å². The number of amides is 2. The van der Waals surface area contributed by atoms with Crippen LogP contribution in [0.25, 0.3) is 0 Å². The second kappa shape index (κ2) is 8.39. The molecular formula is C25H27F5N4O4. The van der Waals surface area contributed by atoms with Crippen molar-refractivity contribution in [1.29, 1.82) is 0 Å². The molecule has 2 N–H and O–H groups in total. The van der Waals surface area contributed by atoms with Gasteiger partial charge in [0.2, 0.25) is 0 Å². The summed E-state index contributed by atoms with van der Waals surface area (Å²) in [5.41, 5.74) is -4.22. The van der Waals surface area contributed by atoms with E-state index in [1.807, 2.05) is 0 Å². The number of fused-ring (bicyclic) bond motifs is 1. The molecule has 0 unspecified atom stereocenters. The molecule has 2 aliphatic heterocycles. The Balaban J connectivity index is 1.24. The number of nitrogens with zero attached hydrogens (tertiary/aromatic N) is 3. The van der Waals surface area contributed by atoms with Crippen molar-refractivity contribution in [2.45, 2.75) is 64.0 Å². The SMILES string of the molecule is CC(C)(C)OC(=O)N1CCc2c(C(=O)N3CC4(C3)CC(O)(c3ccc(F)c(F)c3C(F)(F)F)C4)n[nH]c2C1. The lowest BCUT2D eigenvalue weighted by Crippen LogP contribution is -2.68. The Morgan fingerprint density at radius 1 is 1.11 bits per heavy atom. The fraction of sp³-hybridized carbons (Fsp3) is 0.560. The number of aromatic nitrogens is 2. The lowest BCUT2D eigenvalue weighted by atomic mass is 9.53. The van der Waals surface area contributed by atoms with Crippen LogP contribution >= 0.6 is 0 Å². The van der Waals surface area contributed by atoms with Gasteiger partial charge in [-0.3, -0.25) is 9.89 Å². The molecule has 1 saturated heterocycles. The molecule has 1 aromatic heterocycles. The lowest BCUT2D eigenvalue weighted by molar-refractivity contribution is -0.192. The molecule has 2 aromatic rings. The first-order chi connectivity index (χ1) is 17.5. The van der Waals surface area contributed by atoms with Crippen LogP contribution in [0.15, 0.2) is 12.1 Å². The summed E-state index contributed by atoms with van der Waals surface area (Å²) in [4.78, 5) is 28.5. The minimum atomic E-state index is -5.18. The molecule has 3 heterocycles. The van der Waals surface area contributed by atoms with Crippen LogP contribution in [0, 0.1) is 17.0 Å². The van der Waals surface area contributed by atoms with E-state index in [9.17, 15) is 36.6 Å². The highest BCUT2D eigenvalue weighted by molar-refractivity contribution is 5.95. The average molecular weight is 543 g/mol. The van der Waals surface area contributed by atoms with Crippen molar-refractivity contribution in [2.75, 3.05) is 19.6 Å². The number of alkyl halides is 3. The van der Waals surface area contributed by atoms with Crippen molar-refractivity contribution in [3.8, 4) is 0 Å². The van der Waals surface area contributed by atoms with E-state index in [-0.39, 0.29) is 44.1 Å². The first-order valence-corrected chi connectivity index (χ1v) is 12.1. The number of benzene rings is 1. The molecule has 8 nitrogen and oxygen atoms in total. The molecule has 1 aliphatic carbocycles. The van der Waals surface area contributed by atoms with Gasteiger partial charge < -0.3 is 19.6 Å². The molecule has 3 aliphatic rings. The molecule has 0 atom stereocenters. The maximum absolute atomic E-state index is 14.0. The first kappa shape index (κ1) is 26.4. The van der Waals surface area contributed by atoms with Gasteiger partial charge in [-0.05, 0) is 51.7 Å². The van der Waals surface area contributed by atoms with E-state index in [1.165, 1.54) is 9.80 Å². The fourth-order valence-electron chi connectivity index (χ4n) is 5.85. The van der Waals surface area contributed by atoms with Gasteiger partial charge in [0.15, 0.2) is 17.3 Å². The van der Waals surface area contributed by atoms with E-state index in [4.69, 9.17) is 4.74 Å². The van der Waals surface area contributed by atoms with Gasteiger partial charge in [-0.1, -0.05) is 6.07 Å². The summed E-state index contributed by atoms with van der Waals surface area (Å²) in [7, 11) is 0. The van der Waals surface area contributed by atoms with Gasteiger partial charge in [-0.2, -0.15) is 18.3 Å². The monoisotopic (exact) mass is 542 g/mol. The number of carbonyl (C=O) groups excluding carboxylic acids is 2. The van der Waals surface area contributed by atoms with E-state index in [1.54, 1.807) is 20.8 Å². The van der Waals surface area contributed by atoms with E-state index in [2.05, 4.69) is 10.2 Å². The molecule has 1 aromatic carbocycles. The van der Waals surface area contributed by atoms with Crippen LogP contribution in [0.1, 0.15) is 66.5 Å². The first-order valence-electron chi connectivity index (χ1n) is 12.1. The van der Waals surface area contributed by atoms with Crippen molar-refractivity contribution in [2.24, 2.45) is 5.41 Å². The summed E-state index contributed by atoms with van der Waals surface area (Å²) < 4.78 is 73.3. The number of aromatic amines is 1. The summed E-state index contributed by atoms with van der Waals surface area (Å²) in [6, 6.07) is 1.34. The quantitative estimate of drug-likeness (QED) is 0.557. The Morgan fingerprint density at radius 3 is 2.37 bits per heavy atom. The van der Waals surface area contributed by atoms with Gasteiger partial charge in [0.1, 0.15) is 11.2 Å². The maximum atomic E-state index is 14.0. The third-order valence-electron chi connectivity index (χ3n) is 7.34. The number of ether oxygens (including phenoxy) is 1. The Bertz CT molecular complexity index is 1300. The van der Waals surface area contributed by atoms with Gasteiger partial charge in [0, 0.05) is 30.6 Å². The van der Waals surface area contributed by atoms with Gasteiger partial charge in [0.05, 0.1) is 17.8 Å². The molecule has 206 valence electrons. The molecule has 0 radical (unpaired) electrons. The van der Waals surface area contributed by atoms with Crippen LogP contribution in [-0.2, 0) is 29.5 Å². The van der Waals surface area contributed by atoms with Crippen LogP contribution in [0.2, 0.25) is 0 Å². The standard InChI is InChI=1S/C25H27F5N4O4/c1-22(2,3)38-21(36)33-7-6-13-16(8-33)31-32-19(13)20(35)34-11-23(12-34)9-24(37,10-23)14-4-5-15(26)18(27)17(14)25(28,29)30/h4-5,37H,6-12H2,1-3H3,(H,31,32). The Kier molecular flexibility index (Phi) is 5.83. The largest absolute Gasteiger partial charge is 0.444 e. The highest BCUT2D eigenvalue weighted by Crippen LogP contribution is 2.60. The predicted octanol–water partition coefficient (Wildman–Crippen LogP) is 4.12.